The van der Waals surface area contributed by atoms with Gasteiger partial charge in [0.05, 0.1) is 5.52 Å². The number of hydrogen-bond donors (Lipinski definition) is 0. The number of aryl methyl sites for hydroxylation is 2. The maximum absolute atomic E-state index is 4.69. The molecule has 22 heavy (non-hydrogen) atoms. The highest BCUT2D eigenvalue weighted by atomic mass is 14.7. The van der Waals surface area contributed by atoms with Crippen LogP contribution in [-0.4, -0.2) is 4.98 Å². The number of nitrogens with zero attached hydrogens (tertiary/aromatic N) is 1. The predicted octanol–water partition coefficient (Wildman–Crippen LogP) is 6.21. The molecule has 1 aromatic heterocycles. The fourth-order valence-corrected chi connectivity index (χ4v) is 3.86. The van der Waals surface area contributed by atoms with Crippen molar-refractivity contribution in [3.63, 3.8) is 0 Å². The minimum absolute atomic E-state index is 0.351. The number of rotatable bonds is 2. The summed E-state index contributed by atoms with van der Waals surface area (Å²) >= 11 is 0. The summed E-state index contributed by atoms with van der Waals surface area (Å²) in [5, 5.41) is 1.36. The number of fused-ring (bicyclic) bond motifs is 1. The van der Waals surface area contributed by atoms with Crippen LogP contribution in [0.1, 0.15) is 70.7 Å². The molecule has 1 aliphatic rings. The Balaban J connectivity index is 0.000000847. The van der Waals surface area contributed by atoms with Crippen LogP contribution >= 0.6 is 0 Å². The molecule has 1 aromatic carbocycles. The zero-order chi connectivity index (χ0) is 16.3. The van der Waals surface area contributed by atoms with Gasteiger partial charge >= 0.3 is 0 Å². The van der Waals surface area contributed by atoms with Gasteiger partial charge in [-0.3, -0.25) is 4.98 Å². The topological polar surface area (TPSA) is 12.9 Å². The van der Waals surface area contributed by atoms with E-state index in [-0.39, 0.29) is 0 Å². The molecule has 0 amide bonds. The van der Waals surface area contributed by atoms with Crippen LogP contribution in [0.5, 0.6) is 0 Å². The first-order chi connectivity index (χ1) is 10.5. The molecule has 0 saturated heterocycles. The van der Waals surface area contributed by atoms with Gasteiger partial charge in [0.1, 0.15) is 0 Å². The number of benzene rings is 1. The molecule has 0 radical (unpaired) electrons. The lowest BCUT2D eigenvalue weighted by Crippen LogP contribution is -2.24. The standard InChI is InChI=1S/C19H25N.C2H6/c1-5-15-11-14(3)20-18-9-8-16(12-17(15)18)19(4)10-6-7-13(19)2;1-2/h8-9,11-13H,5-7,10H2,1-4H3;1-2H3/t13?,19-;/m1./s1. The summed E-state index contributed by atoms with van der Waals surface area (Å²) in [5.41, 5.74) is 5.57. The molecule has 1 saturated carbocycles. The number of aromatic nitrogens is 1. The van der Waals surface area contributed by atoms with Crippen molar-refractivity contribution in [2.75, 3.05) is 0 Å². The number of pyridine rings is 1. The molecule has 1 aliphatic carbocycles. The first-order valence-electron chi connectivity index (χ1n) is 8.95. The van der Waals surface area contributed by atoms with Crippen LogP contribution in [0.2, 0.25) is 0 Å². The lowest BCUT2D eigenvalue weighted by atomic mass is 9.74. The van der Waals surface area contributed by atoms with Crippen LogP contribution in [0.4, 0.5) is 0 Å². The molecular weight excluding hydrogens is 266 g/mol. The van der Waals surface area contributed by atoms with Crippen molar-refractivity contribution in [2.45, 2.75) is 72.6 Å². The SMILES string of the molecule is CC.CCc1cc(C)nc2ccc([C@]3(C)CCCC3C)cc12. The van der Waals surface area contributed by atoms with Crippen molar-refractivity contribution in [1.29, 1.82) is 0 Å². The molecule has 3 rings (SSSR count). The third-order valence-corrected chi connectivity index (χ3v) is 5.48. The Morgan fingerprint density at radius 2 is 1.95 bits per heavy atom. The van der Waals surface area contributed by atoms with Crippen LogP contribution in [0, 0.1) is 12.8 Å². The van der Waals surface area contributed by atoms with Gasteiger partial charge in [0, 0.05) is 11.1 Å². The van der Waals surface area contributed by atoms with Gasteiger partial charge in [-0.05, 0) is 66.8 Å². The van der Waals surface area contributed by atoms with E-state index in [0.717, 1.165) is 23.5 Å². The second-order valence-electron chi connectivity index (χ2n) is 6.72. The van der Waals surface area contributed by atoms with Gasteiger partial charge < -0.3 is 0 Å². The van der Waals surface area contributed by atoms with E-state index in [0.29, 0.717) is 5.41 Å². The van der Waals surface area contributed by atoms with Gasteiger partial charge in [0.2, 0.25) is 0 Å². The van der Waals surface area contributed by atoms with Crippen molar-refractivity contribution in [1.82, 2.24) is 4.98 Å². The Bertz CT molecular complexity index is 644. The zero-order valence-corrected chi connectivity index (χ0v) is 15.2. The molecule has 1 nitrogen and oxygen atoms in total. The monoisotopic (exact) mass is 297 g/mol. The van der Waals surface area contributed by atoms with Gasteiger partial charge in [0.15, 0.2) is 0 Å². The molecule has 0 spiro atoms. The first-order valence-corrected chi connectivity index (χ1v) is 8.95. The van der Waals surface area contributed by atoms with Crippen molar-refractivity contribution in [3.8, 4) is 0 Å². The fourth-order valence-electron chi connectivity index (χ4n) is 3.86. The molecule has 1 heteroatoms. The second kappa shape index (κ2) is 6.81. The van der Waals surface area contributed by atoms with E-state index in [1.165, 1.54) is 35.8 Å². The highest BCUT2D eigenvalue weighted by Gasteiger charge is 2.37. The number of hydrogen-bond acceptors (Lipinski definition) is 1. The largest absolute Gasteiger partial charge is 0.253 e. The van der Waals surface area contributed by atoms with E-state index in [2.05, 4.69) is 52.0 Å². The van der Waals surface area contributed by atoms with Gasteiger partial charge in [-0.25, -0.2) is 0 Å². The van der Waals surface area contributed by atoms with Crippen molar-refractivity contribution in [3.05, 3.63) is 41.1 Å². The summed E-state index contributed by atoms with van der Waals surface area (Å²) in [7, 11) is 0. The van der Waals surface area contributed by atoms with Crippen molar-refractivity contribution < 1.29 is 0 Å². The Morgan fingerprint density at radius 3 is 2.55 bits per heavy atom. The minimum Gasteiger partial charge on any atom is -0.253 e. The molecule has 0 bridgehead atoms. The van der Waals surface area contributed by atoms with Crippen molar-refractivity contribution in [2.24, 2.45) is 5.92 Å². The highest BCUT2D eigenvalue weighted by molar-refractivity contribution is 5.83. The molecule has 2 atom stereocenters. The fraction of sp³-hybridized carbons (Fsp3) is 0.571. The van der Waals surface area contributed by atoms with E-state index < -0.39 is 0 Å². The Hall–Kier alpha value is -1.37. The smallest absolute Gasteiger partial charge is 0.0708 e. The molecular formula is C21H31N. The Morgan fingerprint density at radius 1 is 1.23 bits per heavy atom. The van der Waals surface area contributed by atoms with Crippen LogP contribution in [0.15, 0.2) is 24.3 Å². The van der Waals surface area contributed by atoms with E-state index in [4.69, 9.17) is 4.98 Å². The van der Waals surface area contributed by atoms with Crippen LogP contribution in [0.25, 0.3) is 10.9 Å². The second-order valence-corrected chi connectivity index (χ2v) is 6.72. The molecule has 1 fully saturated rings. The highest BCUT2D eigenvalue weighted by Crippen LogP contribution is 2.45. The maximum Gasteiger partial charge on any atom is 0.0708 e. The average molecular weight is 297 g/mol. The van der Waals surface area contributed by atoms with E-state index in [1.807, 2.05) is 13.8 Å². The summed E-state index contributed by atoms with van der Waals surface area (Å²) in [6.07, 6.45) is 5.12. The third-order valence-electron chi connectivity index (χ3n) is 5.48. The van der Waals surface area contributed by atoms with Gasteiger partial charge in [-0.2, -0.15) is 0 Å². The first kappa shape index (κ1) is 17.0. The molecule has 0 aliphatic heterocycles. The quantitative estimate of drug-likeness (QED) is 0.642. The average Bonchev–Trinajstić information content (AvgIpc) is 2.88. The molecule has 2 aromatic rings. The minimum atomic E-state index is 0.351. The van der Waals surface area contributed by atoms with Gasteiger partial charge in [-0.1, -0.05) is 47.1 Å². The van der Waals surface area contributed by atoms with E-state index in [9.17, 15) is 0 Å². The third kappa shape index (κ3) is 2.91. The Labute approximate surface area is 136 Å². The normalized spacial score (nSPS) is 24.2. The Kier molecular flexibility index (Phi) is 5.26. The van der Waals surface area contributed by atoms with Gasteiger partial charge in [-0.15, -0.1) is 0 Å². The molecule has 1 heterocycles. The molecule has 0 N–H and O–H groups in total. The zero-order valence-electron chi connectivity index (χ0n) is 15.2. The van der Waals surface area contributed by atoms with Crippen LogP contribution in [-0.2, 0) is 11.8 Å². The molecule has 120 valence electrons. The predicted molar refractivity (Wildman–Crippen MR) is 97.6 cm³/mol. The summed E-state index contributed by atoms with van der Waals surface area (Å²) < 4.78 is 0. The summed E-state index contributed by atoms with van der Waals surface area (Å²) in [6, 6.07) is 9.21. The van der Waals surface area contributed by atoms with Gasteiger partial charge in [0.25, 0.3) is 0 Å². The summed E-state index contributed by atoms with van der Waals surface area (Å²) in [4.78, 5) is 4.69. The van der Waals surface area contributed by atoms with E-state index in [1.54, 1.807) is 0 Å². The maximum atomic E-state index is 4.69. The summed E-state index contributed by atoms with van der Waals surface area (Å²) in [6.45, 7) is 13.2. The van der Waals surface area contributed by atoms with Crippen LogP contribution < -0.4 is 0 Å². The molecule has 1 unspecified atom stereocenters. The van der Waals surface area contributed by atoms with Crippen molar-refractivity contribution >= 4 is 10.9 Å². The lowest BCUT2D eigenvalue weighted by Gasteiger charge is -2.30. The summed E-state index contributed by atoms with van der Waals surface area (Å²) in [5.74, 6) is 0.781. The van der Waals surface area contributed by atoms with Crippen LogP contribution in [0.3, 0.4) is 0 Å². The lowest BCUT2D eigenvalue weighted by molar-refractivity contribution is 0.371. The van der Waals surface area contributed by atoms with E-state index >= 15 is 0 Å².